The fraction of sp³-hybridized carbons (Fsp3) is 0.333. The van der Waals surface area contributed by atoms with Crippen LogP contribution in [0.15, 0.2) is 36.7 Å². The molecule has 7 nitrogen and oxygen atoms in total. The molecule has 0 bridgehead atoms. The van der Waals surface area contributed by atoms with Crippen molar-refractivity contribution in [1.29, 1.82) is 0 Å². The van der Waals surface area contributed by atoms with Crippen molar-refractivity contribution < 1.29 is 4.79 Å². The molecule has 1 atom stereocenters. The largest absolute Gasteiger partial charge is 0.355 e. The lowest BCUT2D eigenvalue weighted by Crippen LogP contribution is -2.31. The zero-order valence-electron chi connectivity index (χ0n) is 16.7. The summed E-state index contributed by atoms with van der Waals surface area (Å²) in [6.07, 6.45) is 4.47. The van der Waals surface area contributed by atoms with Crippen molar-refractivity contribution in [2.45, 2.75) is 19.4 Å². The molecule has 0 radical (unpaired) electrons. The second kappa shape index (κ2) is 7.93. The van der Waals surface area contributed by atoms with Crippen molar-refractivity contribution in [2.24, 2.45) is 0 Å². The average molecular weight is 411 g/mol. The van der Waals surface area contributed by atoms with Crippen molar-refractivity contribution in [3.8, 4) is 0 Å². The molecule has 1 aliphatic rings. The van der Waals surface area contributed by atoms with Crippen LogP contribution in [0.25, 0.3) is 11.0 Å². The molecule has 1 saturated heterocycles. The Morgan fingerprint density at radius 3 is 2.69 bits per heavy atom. The summed E-state index contributed by atoms with van der Waals surface area (Å²) in [5, 5.41) is 3.65. The summed E-state index contributed by atoms with van der Waals surface area (Å²) in [4.78, 5) is 30.0. The number of nitrogens with zero attached hydrogens (tertiary/aromatic N) is 5. The van der Waals surface area contributed by atoms with E-state index in [1.54, 1.807) is 24.5 Å². The fourth-order valence-electron chi connectivity index (χ4n) is 3.60. The van der Waals surface area contributed by atoms with Gasteiger partial charge in [0.15, 0.2) is 5.78 Å². The molecular formula is C21H23ClN6O. The van der Waals surface area contributed by atoms with E-state index in [9.17, 15) is 4.79 Å². The average Bonchev–Trinajstić information content (AvgIpc) is 3.19. The van der Waals surface area contributed by atoms with Crippen LogP contribution in [0.3, 0.4) is 0 Å². The van der Waals surface area contributed by atoms with Crippen LogP contribution in [0, 0.1) is 0 Å². The number of anilines is 3. The Hall–Kier alpha value is -2.77. The van der Waals surface area contributed by atoms with Crippen LogP contribution < -0.4 is 10.2 Å². The molecule has 0 aromatic carbocycles. The molecule has 0 saturated carbocycles. The van der Waals surface area contributed by atoms with Gasteiger partial charge in [0.1, 0.15) is 16.5 Å². The van der Waals surface area contributed by atoms with Gasteiger partial charge in [0.05, 0.1) is 28.7 Å². The minimum atomic E-state index is -0.0972. The number of likely N-dealkylation sites (N-methyl/N-ethyl adjacent to an activating group) is 1. The molecule has 3 aromatic heterocycles. The van der Waals surface area contributed by atoms with Crippen LogP contribution in [0.5, 0.6) is 0 Å². The third-order valence-electron chi connectivity index (χ3n) is 5.29. The Kier molecular flexibility index (Phi) is 5.34. The van der Waals surface area contributed by atoms with Gasteiger partial charge in [0, 0.05) is 25.3 Å². The predicted octanol–water partition coefficient (Wildman–Crippen LogP) is 3.76. The van der Waals surface area contributed by atoms with E-state index in [1.807, 2.05) is 12.1 Å². The Bertz CT molecular complexity index is 1050. The molecule has 1 unspecified atom stereocenters. The van der Waals surface area contributed by atoms with Crippen LogP contribution in [-0.2, 0) is 0 Å². The third-order valence-corrected chi connectivity index (χ3v) is 5.50. The summed E-state index contributed by atoms with van der Waals surface area (Å²) in [5.41, 5.74) is 3.05. The summed E-state index contributed by atoms with van der Waals surface area (Å²) in [7, 11) is 4.22. The first kappa shape index (κ1) is 19.5. The number of rotatable bonds is 5. The summed E-state index contributed by atoms with van der Waals surface area (Å²) in [5.74, 6) is 0.854. The number of nitrogens with one attached hydrogen (secondary N) is 1. The standard InChI is InChI=1S/C21H23ClN6O/c1-13(29)16-11-23-17-5-6-18(22)26-21(17)20(16)25-14-4-7-19(24-10-14)28-9-8-15(12-28)27(2)3/h4-7,10-11,15H,8-9,12H2,1-3H3,(H,23,25). The van der Waals surface area contributed by atoms with Gasteiger partial charge in [-0.25, -0.2) is 9.97 Å². The lowest BCUT2D eigenvalue weighted by Gasteiger charge is -2.21. The van der Waals surface area contributed by atoms with Gasteiger partial charge in [0.25, 0.3) is 0 Å². The van der Waals surface area contributed by atoms with E-state index in [1.165, 1.54) is 6.92 Å². The van der Waals surface area contributed by atoms with E-state index in [-0.39, 0.29) is 5.78 Å². The molecule has 29 heavy (non-hydrogen) atoms. The molecule has 0 amide bonds. The lowest BCUT2D eigenvalue weighted by atomic mass is 10.1. The highest BCUT2D eigenvalue weighted by atomic mass is 35.5. The zero-order chi connectivity index (χ0) is 20.5. The first-order chi connectivity index (χ1) is 13.9. The monoisotopic (exact) mass is 410 g/mol. The summed E-state index contributed by atoms with van der Waals surface area (Å²) in [6, 6.07) is 7.98. The molecule has 1 fully saturated rings. The van der Waals surface area contributed by atoms with Crippen molar-refractivity contribution in [2.75, 3.05) is 37.4 Å². The number of hydrogen-bond donors (Lipinski definition) is 1. The zero-order valence-corrected chi connectivity index (χ0v) is 17.4. The number of ketones is 1. The number of halogens is 1. The van der Waals surface area contributed by atoms with E-state index < -0.39 is 0 Å². The van der Waals surface area contributed by atoms with Crippen molar-refractivity contribution in [1.82, 2.24) is 19.9 Å². The maximum Gasteiger partial charge on any atom is 0.163 e. The second-order valence-electron chi connectivity index (χ2n) is 7.49. The molecule has 0 spiro atoms. The van der Waals surface area contributed by atoms with E-state index >= 15 is 0 Å². The second-order valence-corrected chi connectivity index (χ2v) is 7.87. The van der Waals surface area contributed by atoms with Crippen molar-refractivity contribution in [3.63, 3.8) is 0 Å². The molecule has 0 aliphatic carbocycles. The molecule has 150 valence electrons. The SMILES string of the molecule is CC(=O)c1cnc2ccc(Cl)nc2c1Nc1ccc(N2CCC(N(C)C)C2)nc1. The first-order valence-electron chi connectivity index (χ1n) is 9.53. The van der Waals surface area contributed by atoms with Crippen LogP contribution in [0.4, 0.5) is 17.2 Å². The molecular weight excluding hydrogens is 388 g/mol. The molecule has 8 heteroatoms. The smallest absolute Gasteiger partial charge is 0.163 e. The summed E-state index contributed by atoms with van der Waals surface area (Å²) < 4.78 is 0. The predicted molar refractivity (Wildman–Crippen MR) is 116 cm³/mol. The summed E-state index contributed by atoms with van der Waals surface area (Å²) >= 11 is 6.08. The topological polar surface area (TPSA) is 74.2 Å². The maximum atomic E-state index is 12.1. The van der Waals surface area contributed by atoms with Crippen LogP contribution >= 0.6 is 11.6 Å². The van der Waals surface area contributed by atoms with Crippen molar-refractivity contribution >= 4 is 45.6 Å². The first-order valence-corrected chi connectivity index (χ1v) is 9.91. The number of aromatic nitrogens is 3. The van der Waals surface area contributed by atoms with Crippen LogP contribution in [-0.4, -0.2) is 58.9 Å². The van der Waals surface area contributed by atoms with Gasteiger partial charge < -0.3 is 15.1 Å². The van der Waals surface area contributed by atoms with E-state index in [0.717, 1.165) is 31.0 Å². The Morgan fingerprint density at radius 2 is 2.03 bits per heavy atom. The van der Waals surface area contributed by atoms with Crippen LogP contribution in [0.2, 0.25) is 5.15 Å². The molecule has 1 N–H and O–H groups in total. The number of fused-ring (bicyclic) bond motifs is 1. The van der Waals surface area contributed by atoms with E-state index in [4.69, 9.17) is 11.6 Å². The van der Waals surface area contributed by atoms with Crippen LogP contribution in [0.1, 0.15) is 23.7 Å². The highest BCUT2D eigenvalue weighted by molar-refractivity contribution is 6.30. The van der Waals surface area contributed by atoms with E-state index in [2.05, 4.69) is 44.2 Å². The van der Waals surface area contributed by atoms with Gasteiger partial charge in [-0.2, -0.15) is 0 Å². The minimum absolute atomic E-state index is 0.0972. The van der Waals surface area contributed by atoms with Gasteiger partial charge in [-0.1, -0.05) is 11.6 Å². The number of carbonyl (C=O) groups excluding carboxylic acids is 1. The van der Waals surface area contributed by atoms with E-state index in [0.29, 0.717) is 33.5 Å². The third kappa shape index (κ3) is 4.02. The fourth-order valence-corrected chi connectivity index (χ4v) is 3.75. The van der Waals surface area contributed by atoms with Crippen molar-refractivity contribution in [3.05, 3.63) is 47.4 Å². The normalized spacial score (nSPS) is 16.6. The number of hydrogen-bond acceptors (Lipinski definition) is 7. The van der Waals surface area contributed by atoms with Gasteiger partial charge in [-0.05, 0) is 51.7 Å². The summed E-state index contributed by atoms with van der Waals surface area (Å²) in [6.45, 7) is 3.47. The maximum absolute atomic E-state index is 12.1. The molecule has 4 heterocycles. The molecule has 3 aromatic rings. The Morgan fingerprint density at radius 1 is 1.21 bits per heavy atom. The van der Waals surface area contributed by atoms with Gasteiger partial charge >= 0.3 is 0 Å². The van der Waals surface area contributed by atoms with Gasteiger partial charge in [-0.15, -0.1) is 0 Å². The molecule has 4 rings (SSSR count). The molecule has 1 aliphatic heterocycles. The van der Waals surface area contributed by atoms with Gasteiger partial charge in [-0.3, -0.25) is 9.78 Å². The Balaban J connectivity index is 1.63. The number of Topliss-reactive ketones (excluding diaryl/α,β-unsaturated/α-hetero) is 1. The quantitative estimate of drug-likeness (QED) is 0.507. The number of carbonyl (C=O) groups is 1. The Labute approximate surface area is 174 Å². The highest BCUT2D eigenvalue weighted by Gasteiger charge is 2.24. The lowest BCUT2D eigenvalue weighted by molar-refractivity contribution is 0.101. The minimum Gasteiger partial charge on any atom is -0.355 e. The number of pyridine rings is 3. The highest BCUT2D eigenvalue weighted by Crippen LogP contribution is 2.30. The van der Waals surface area contributed by atoms with Gasteiger partial charge in [0.2, 0.25) is 0 Å².